The quantitative estimate of drug-likeness (QED) is 0.311. The van der Waals surface area contributed by atoms with Gasteiger partial charge in [-0.25, -0.2) is 0 Å². The Morgan fingerprint density at radius 3 is 2.93 bits per heavy atom. The zero-order valence-electron chi connectivity index (χ0n) is 8.97. The van der Waals surface area contributed by atoms with Crippen LogP contribution < -0.4 is 11.1 Å². The Morgan fingerprint density at radius 1 is 1.67 bits per heavy atom. The highest BCUT2D eigenvalue weighted by Crippen LogP contribution is 2.18. The van der Waals surface area contributed by atoms with Crippen LogP contribution in [0.2, 0.25) is 0 Å². The first-order valence-corrected chi connectivity index (χ1v) is 5.77. The second kappa shape index (κ2) is 5.72. The van der Waals surface area contributed by atoms with Gasteiger partial charge in [-0.15, -0.1) is 11.3 Å². The minimum Gasteiger partial charge on any atom is -0.409 e. The molecule has 15 heavy (non-hydrogen) atoms. The molecule has 0 bridgehead atoms. The molecule has 4 N–H and O–H groups in total. The lowest BCUT2D eigenvalue weighted by molar-refractivity contribution is 0.315. The van der Waals surface area contributed by atoms with Gasteiger partial charge in [0.05, 0.1) is 0 Å². The highest BCUT2D eigenvalue weighted by molar-refractivity contribution is 7.10. The molecule has 0 fully saturated rings. The molecule has 1 rings (SSSR count). The van der Waals surface area contributed by atoms with E-state index in [0.717, 1.165) is 0 Å². The fourth-order valence-electron chi connectivity index (χ4n) is 1.46. The van der Waals surface area contributed by atoms with E-state index in [1.807, 2.05) is 13.0 Å². The number of rotatable bonds is 5. The summed E-state index contributed by atoms with van der Waals surface area (Å²) in [7, 11) is 0. The molecule has 0 amide bonds. The molecule has 1 heterocycles. The first-order valence-electron chi connectivity index (χ1n) is 4.89. The van der Waals surface area contributed by atoms with Gasteiger partial charge in [0.15, 0.2) is 0 Å². The molecule has 0 spiro atoms. The number of amidine groups is 1. The minimum absolute atomic E-state index is 0.193. The smallest absolute Gasteiger partial charge is 0.140 e. The average molecular weight is 227 g/mol. The summed E-state index contributed by atoms with van der Waals surface area (Å²) in [5.41, 5.74) is 5.43. The molecule has 5 heteroatoms. The molecule has 84 valence electrons. The van der Waals surface area contributed by atoms with Crippen LogP contribution in [0.25, 0.3) is 0 Å². The van der Waals surface area contributed by atoms with Crippen LogP contribution in [0.3, 0.4) is 0 Å². The molecule has 0 aliphatic carbocycles. The summed E-state index contributed by atoms with van der Waals surface area (Å²) in [6.45, 7) is 4.12. The lowest BCUT2D eigenvalue weighted by Crippen LogP contribution is -2.32. The van der Waals surface area contributed by atoms with Crippen LogP contribution in [-0.2, 0) is 0 Å². The summed E-state index contributed by atoms with van der Waals surface area (Å²) in [4.78, 5) is 1.29. The van der Waals surface area contributed by atoms with Gasteiger partial charge in [0.25, 0.3) is 0 Å². The third-order valence-corrected chi connectivity index (χ3v) is 3.20. The third-order valence-electron chi connectivity index (χ3n) is 2.15. The number of hydrogen-bond donors (Lipinski definition) is 3. The largest absolute Gasteiger partial charge is 0.409 e. The summed E-state index contributed by atoms with van der Waals surface area (Å²) in [5.74, 6) is 0.258. The van der Waals surface area contributed by atoms with Crippen molar-refractivity contribution in [3.05, 3.63) is 22.4 Å². The zero-order chi connectivity index (χ0) is 11.3. The van der Waals surface area contributed by atoms with Crippen molar-refractivity contribution < 1.29 is 5.21 Å². The predicted octanol–water partition coefficient (Wildman–Crippen LogP) is 1.92. The van der Waals surface area contributed by atoms with Gasteiger partial charge < -0.3 is 16.3 Å². The van der Waals surface area contributed by atoms with Crippen LogP contribution in [0.5, 0.6) is 0 Å². The minimum atomic E-state index is 0.193. The van der Waals surface area contributed by atoms with E-state index in [2.05, 4.69) is 28.8 Å². The van der Waals surface area contributed by atoms with Crippen molar-refractivity contribution in [2.24, 2.45) is 10.9 Å². The number of hydrogen-bond acceptors (Lipinski definition) is 4. The fraction of sp³-hybridized carbons (Fsp3) is 0.500. The first kappa shape index (κ1) is 12.0. The van der Waals surface area contributed by atoms with Crippen LogP contribution in [0.1, 0.15) is 31.2 Å². The summed E-state index contributed by atoms with van der Waals surface area (Å²) < 4.78 is 0. The highest BCUT2D eigenvalue weighted by atomic mass is 32.1. The molecule has 4 nitrogen and oxygen atoms in total. The molecule has 0 saturated carbocycles. The maximum atomic E-state index is 8.44. The molecule has 0 radical (unpaired) electrons. The van der Waals surface area contributed by atoms with E-state index in [1.165, 1.54) is 4.88 Å². The second-order valence-electron chi connectivity index (χ2n) is 3.60. The first-order chi connectivity index (χ1) is 7.13. The molecular weight excluding hydrogens is 210 g/mol. The van der Waals surface area contributed by atoms with Crippen molar-refractivity contribution in [3.8, 4) is 0 Å². The van der Waals surface area contributed by atoms with Gasteiger partial charge in [0.1, 0.15) is 5.84 Å². The van der Waals surface area contributed by atoms with Crippen LogP contribution in [-0.4, -0.2) is 17.1 Å². The Balaban J connectivity index is 2.41. The topological polar surface area (TPSA) is 70.6 Å². The number of nitrogens with two attached hydrogens (primary N) is 1. The van der Waals surface area contributed by atoms with E-state index in [1.54, 1.807) is 11.3 Å². The zero-order valence-corrected chi connectivity index (χ0v) is 9.79. The van der Waals surface area contributed by atoms with Crippen molar-refractivity contribution in [3.63, 3.8) is 0 Å². The van der Waals surface area contributed by atoms with Gasteiger partial charge in [-0.1, -0.05) is 11.2 Å². The maximum absolute atomic E-state index is 8.44. The molecule has 1 aromatic heterocycles. The van der Waals surface area contributed by atoms with Gasteiger partial charge in [-0.3, -0.25) is 0 Å². The van der Waals surface area contributed by atoms with E-state index in [0.29, 0.717) is 12.5 Å². The SMILES string of the molecule is CC(C/C(N)=N/O)N[C@@H](C)c1cccs1. The third kappa shape index (κ3) is 3.89. The monoisotopic (exact) mass is 227 g/mol. The number of oxime groups is 1. The van der Waals surface area contributed by atoms with Crippen LogP contribution >= 0.6 is 11.3 Å². The second-order valence-corrected chi connectivity index (χ2v) is 4.58. The lowest BCUT2D eigenvalue weighted by Gasteiger charge is -2.18. The highest BCUT2D eigenvalue weighted by Gasteiger charge is 2.11. The lowest BCUT2D eigenvalue weighted by atomic mass is 10.2. The van der Waals surface area contributed by atoms with Crippen LogP contribution in [0.15, 0.2) is 22.7 Å². The van der Waals surface area contributed by atoms with Crippen molar-refractivity contribution in [1.29, 1.82) is 0 Å². The molecule has 0 saturated heterocycles. The molecule has 1 aromatic rings. The standard InChI is InChI=1S/C10H17N3OS/c1-7(6-10(11)13-14)12-8(2)9-4-3-5-15-9/h3-5,7-8,12,14H,6H2,1-2H3,(H2,11,13)/t7?,8-/m0/s1. The van der Waals surface area contributed by atoms with Gasteiger partial charge >= 0.3 is 0 Å². The maximum Gasteiger partial charge on any atom is 0.140 e. The number of nitrogens with zero attached hydrogens (tertiary/aromatic N) is 1. The van der Waals surface area contributed by atoms with Gasteiger partial charge in [-0.2, -0.15) is 0 Å². The molecule has 1 unspecified atom stereocenters. The fourth-order valence-corrected chi connectivity index (χ4v) is 2.20. The van der Waals surface area contributed by atoms with Crippen molar-refractivity contribution in [1.82, 2.24) is 5.32 Å². The molecule has 0 aliphatic heterocycles. The van der Waals surface area contributed by atoms with E-state index >= 15 is 0 Å². The van der Waals surface area contributed by atoms with E-state index in [4.69, 9.17) is 10.9 Å². The Kier molecular flexibility index (Phi) is 4.58. The van der Waals surface area contributed by atoms with E-state index in [9.17, 15) is 0 Å². The van der Waals surface area contributed by atoms with E-state index in [-0.39, 0.29) is 11.9 Å². The van der Waals surface area contributed by atoms with Crippen LogP contribution in [0.4, 0.5) is 0 Å². The summed E-state index contributed by atoms with van der Waals surface area (Å²) in [6, 6.07) is 4.62. The molecule has 0 aliphatic rings. The molecular formula is C10H17N3OS. The van der Waals surface area contributed by atoms with Gasteiger partial charge in [0.2, 0.25) is 0 Å². The predicted molar refractivity (Wildman–Crippen MR) is 63.4 cm³/mol. The Hall–Kier alpha value is -1.07. The Labute approximate surface area is 93.8 Å². The summed E-state index contributed by atoms with van der Waals surface area (Å²) in [5, 5.41) is 16.8. The van der Waals surface area contributed by atoms with E-state index < -0.39 is 0 Å². The number of thiophene rings is 1. The molecule has 0 aromatic carbocycles. The van der Waals surface area contributed by atoms with Crippen LogP contribution in [0, 0.1) is 0 Å². The molecule has 2 atom stereocenters. The Bertz CT molecular complexity index is 310. The summed E-state index contributed by atoms with van der Waals surface area (Å²) >= 11 is 1.72. The van der Waals surface area contributed by atoms with Gasteiger partial charge in [-0.05, 0) is 25.3 Å². The van der Waals surface area contributed by atoms with Crippen molar-refractivity contribution >= 4 is 17.2 Å². The normalized spacial score (nSPS) is 16.3. The Morgan fingerprint density at radius 2 is 2.40 bits per heavy atom. The van der Waals surface area contributed by atoms with Crippen molar-refractivity contribution in [2.45, 2.75) is 32.4 Å². The van der Waals surface area contributed by atoms with Crippen molar-refractivity contribution in [2.75, 3.05) is 0 Å². The van der Waals surface area contributed by atoms with Gasteiger partial charge in [0, 0.05) is 23.4 Å². The average Bonchev–Trinajstić information content (AvgIpc) is 2.70. The number of nitrogens with one attached hydrogen (secondary N) is 1. The summed E-state index contributed by atoms with van der Waals surface area (Å²) in [6.07, 6.45) is 0.548.